The number of fused-ring (bicyclic) bond motifs is 3. The van der Waals surface area contributed by atoms with Crippen LogP contribution in [-0.4, -0.2) is 16.5 Å². The first kappa shape index (κ1) is 22.1. The summed E-state index contributed by atoms with van der Waals surface area (Å²) in [7, 11) is 0. The Morgan fingerprint density at radius 2 is 1.75 bits per heavy atom. The number of nitrogens with two attached hydrogens (primary N) is 1. The number of para-hydroxylation sites is 1. The van der Waals surface area contributed by atoms with Crippen molar-refractivity contribution in [3.8, 4) is 0 Å². The summed E-state index contributed by atoms with van der Waals surface area (Å²) in [6, 6.07) is 22.7. The summed E-state index contributed by atoms with van der Waals surface area (Å²) in [6.07, 6.45) is 4.47. The summed E-state index contributed by atoms with van der Waals surface area (Å²) in [5.74, 6) is 3.07. The maximum absolute atomic E-state index is 6.13. The monoisotopic (exact) mass is 447 g/mol. The van der Waals surface area contributed by atoms with Gasteiger partial charge in [-0.15, -0.1) is 0 Å². The summed E-state index contributed by atoms with van der Waals surface area (Å²) in [5.41, 5.74) is 3.85. The number of nitrogens with zero attached hydrogens (tertiary/aromatic N) is 2. The highest BCUT2D eigenvalue weighted by atomic mass is 35.5. The van der Waals surface area contributed by atoms with Crippen LogP contribution in [0.4, 0.5) is 5.82 Å². The van der Waals surface area contributed by atoms with E-state index in [1.54, 1.807) is 6.26 Å². The van der Waals surface area contributed by atoms with Crippen molar-refractivity contribution in [2.24, 2.45) is 0 Å². The lowest BCUT2D eigenvalue weighted by Crippen LogP contribution is -3.00. The van der Waals surface area contributed by atoms with E-state index in [2.05, 4.69) is 54.7 Å². The first-order chi connectivity index (χ1) is 15.3. The molecule has 2 N–H and O–H groups in total. The number of furan rings is 2. The number of hydrogen-bond donors (Lipinski definition) is 1. The van der Waals surface area contributed by atoms with E-state index >= 15 is 0 Å². The van der Waals surface area contributed by atoms with Crippen LogP contribution < -0.4 is 17.7 Å². The van der Waals surface area contributed by atoms with Crippen molar-refractivity contribution in [1.29, 1.82) is 0 Å². The van der Waals surface area contributed by atoms with E-state index in [0.717, 1.165) is 65.3 Å². The molecule has 0 aliphatic carbocycles. The number of rotatable bonds is 8. The fraction of sp³-hybridized carbons (Fsp3) is 0.231. The zero-order valence-electron chi connectivity index (χ0n) is 18.0. The van der Waals surface area contributed by atoms with Crippen LogP contribution in [0.3, 0.4) is 0 Å². The van der Waals surface area contributed by atoms with Crippen molar-refractivity contribution in [2.75, 3.05) is 6.54 Å². The Hall–Kier alpha value is -3.15. The number of benzene rings is 2. The van der Waals surface area contributed by atoms with Crippen molar-refractivity contribution in [1.82, 2.24) is 9.97 Å². The van der Waals surface area contributed by atoms with Crippen molar-refractivity contribution in [3.63, 3.8) is 0 Å². The Morgan fingerprint density at radius 1 is 0.938 bits per heavy atom. The number of aromatic nitrogens is 2. The standard InChI is InChI=1S/C26H25N3O2.ClH/c1-2-23-28-24-20-11-6-7-12-22(20)31-25(24)26(29-23)27-15-14-19(21-13-8-16-30-21)17-18-9-4-3-5-10-18;/h3-13,16,19H,2,14-15,17H2,1H3,(H,27,28,29);1H. The van der Waals surface area contributed by atoms with Crippen LogP contribution >= 0.6 is 0 Å². The fourth-order valence-electron chi connectivity index (χ4n) is 4.15. The van der Waals surface area contributed by atoms with E-state index < -0.39 is 0 Å². The summed E-state index contributed by atoms with van der Waals surface area (Å²) >= 11 is 0. The van der Waals surface area contributed by atoms with Gasteiger partial charge in [-0.1, -0.05) is 49.4 Å². The quantitative estimate of drug-likeness (QED) is 0.396. The summed E-state index contributed by atoms with van der Waals surface area (Å²) < 4.78 is 11.9. The molecule has 0 amide bonds. The van der Waals surface area contributed by atoms with Crippen LogP contribution in [0.2, 0.25) is 0 Å². The van der Waals surface area contributed by atoms with E-state index in [4.69, 9.17) is 18.8 Å². The fourth-order valence-corrected chi connectivity index (χ4v) is 4.15. The Labute approximate surface area is 193 Å². The molecule has 0 radical (unpaired) electrons. The molecule has 0 saturated carbocycles. The molecule has 0 spiro atoms. The first-order valence-corrected chi connectivity index (χ1v) is 10.9. The molecule has 5 nitrogen and oxygen atoms in total. The third-order valence-electron chi connectivity index (χ3n) is 5.73. The molecule has 3 heterocycles. The highest BCUT2D eigenvalue weighted by molar-refractivity contribution is 6.04. The van der Waals surface area contributed by atoms with Gasteiger partial charge in [-0.3, -0.25) is 5.32 Å². The van der Waals surface area contributed by atoms with E-state index in [1.165, 1.54) is 5.56 Å². The zero-order chi connectivity index (χ0) is 21.0. The number of halogens is 1. The van der Waals surface area contributed by atoms with Crippen LogP contribution in [0.1, 0.15) is 36.4 Å². The Kier molecular flexibility index (Phi) is 6.88. The average Bonchev–Trinajstić information content (AvgIpc) is 3.47. The van der Waals surface area contributed by atoms with E-state index in [9.17, 15) is 0 Å². The molecule has 32 heavy (non-hydrogen) atoms. The molecule has 1 unspecified atom stereocenters. The van der Waals surface area contributed by atoms with Gasteiger partial charge < -0.3 is 21.2 Å². The molecule has 0 aliphatic heterocycles. The van der Waals surface area contributed by atoms with Gasteiger partial charge in [-0.2, -0.15) is 4.98 Å². The molecule has 0 fully saturated rings. The Bertz CT molecular complexity index is 1280. The van der Waals surface area contributed by atoms with Crippen LogP contribution in [0.15, 0.2) is 81.8 Å². The first-order valence-electron chi connectivity index (χ1n) is 10.9. The van der Waals surface area contributed by atoms with Gasteiger partial charge in [0.2, 0.25) is 5.58 Å². The van der Waals surface area contributed by atoms with Crippen LogP contribution in [0, 0.1) is 0 Å². The van der Waals surface area contributed by atoms with E-state index in [0.29, 0.717) is 5.92 Å². The molecule has 5 aromatic rings. The lowest BCUT2D eigenvalue weighted by Gasteiger charge is -2.14. The van der Waals surface area contributed by atoms with Gasteiger partial charge >= 0.3 is 0 Å². The topological polar surface area (TPSA) is 68.7 Å². The minimum Gasteiger partial charge on any atom is -1.00 e. The normalized spacial score (nSPS) is 12.2. The Balaban J connectivity index is 0.00000245. The van der Waals surface area contributed by atoms with Gasteiger partial charge in [0.15, 0.2) is 0 Å². The van der Waals surface area contributed by atoms with E-state index in [1.807, 2.05) is 24.3 Å². The smallest absolute Gasteiger partial charge is 0.272 e. The number of aryl methyl sites for hydroxylation is 1. The SMILES string of the molecule is CCc1nc([NH2+]CCC(Cc2ccccc2)c2ccco2)c2oc3ccccc3c2n1.[Cl-]. The molecule has 5 rings (SSSR count). The summed E-state index contributed by atoms with van der Waals surface area (Å²) in [4.78, 5) is 9.52. The predicted octanol–water partition coefficient (Wildman–Crippen LogP) is 2.15. The number of quaternary nitrogens is 1. The third-order valence-corrected chi connectivity index (χ3v) is 5.73. The lowest BCUT2D eigenvalue weighted by atomic mass is 9.94. The van der Waals surface area contributed by atoms with E-state index in [-0.39, 0.29) is 12.4 Å². The zero-order valence-corrected chi connectivity index (χ0v) is 18.8. The molecule has 1 atom stereocenters. The van der Waals surface area contributed by atoms with Gasteiger partial charge in [-0.05, 0) is 36.2 Å². The summed E-state index contributed by atoms with van der Waals surface area (Å²) in [6.45, 7) is 2.96. The van der Waals surface area contributed by atoms with Crippen LogP contribution in [0.25, 0.3) is 22.1 Å². The highest BCUT2D eigenvalue weighted by Gasteiger charge is 2.20. The maximum Gasteiger partial charge on any atom is 0.272 e. The van der Waals surface area contributed by atoms with Crippen molar-refractivity contribution in [3.05, 3.63) is 90.1 Å². The van der Waals surface area contributed by atoms with Crippen molar-refractivity contribution in [2.45, 2.75) is 32.1 Å². The largest absolute Gasteiger partial charge is 1.00 e. The molecule has 164 valence electrons. The second kappa shape index (κ2) is 9.98. The third kappa shape index (κ3) is 4.54. The molecule has 0 bridgehead atoms. The molecule has 6 heteroatoms. The second-order valence-electron chi connectivity index (χ2n) is 7.84. The molecule has 2 aromatic carbocycles. The molecule has 0 aliphatic rings. The molecule has 0 saturated heterocycles. The van der Waals surface area contributed by atoms with Crippen LogP contribution in [-0.2, 0) is 12.8 Å². The average molecular weight is 448 g/mol. The predicted molar refractivity (Wildman–Crippen MR) is 121 cm³/mol. The van der Waals surface area contributed by atoms with Gasteiger partial charge in [0.05, 0.1) is 12.8 Å². The van der Waals surface area contributed by atoms with Crippen molar-refractivity contribution >= 4 is 27.9 Å². The van der Waals surface area contributed by atoms with Gasteiger partial charge in [0.25, 0.3) is 5.82 Å². The molecular weight excluding hydrogens is 422 g/mol. The second-order valence-corrected chi connectivity index (χ2v) is 7.84. The Morgan fingerprint density at radius 3 is 2.53 bits per heavy atom. The maximum atomic E-state index is 6.13. The van der Waals surface area contributed by atoms with Gasteiger partial charge in [-0.25, -0.2) is 4.98 Å². The van der Waals surface area contributed by atoms with Crippen molar-refractivity contribution < 1.29 is 26.6 Å². The minimum atomic E-state index is 0. The minimum absolute atomic E-state index is 0. The molecular formula is C26H26ClN3O2. The van der Waals surface area contributed by atoms with Gasteiger partial charge in [0.1, 0.15) is 22.7 Å². The van der Waals surface area contributed by atoms with Crippen LogP contribution in [0.5, 0.6) is 0 Å². The number of hydrogen-bond acceptors (Lipinski definition) is 4. The lowest BCUT2D eigenvalue weighted by molar-refractivity contribution is -0.575. The molecule has 3 aromatic heterocycles. The highest BCUT2D eigenvalue weighted by Crippen LogP contribution is 2.30. The summed E-state index contributed by atoms with van der Waals surface area (Å²) in [5, 5.41) is 3.23. The van der Waals surface area contributed by atoms with Gasteiger partial charge in [0, 0.05) is 24.1 Å².